The van der Waals surface area contributed by atoms with E-state index in [1.807, 2.05) is 0 Å². The minimum atomic E-state index is -3.70. The number of hydrogen-bond acceptors (Lipinski definition) is 5. The fraction of sp³-hybridized carbons (Fsp3) is 0.278. The molecule has 148 valence electrons. The number of thiazole rings is 1. The average Bonchev–Trinajstić information content (AvgIpc) is 3.05. The molecular formula is C18H15F3N2O3S2. The van der Waals surface area contributed by atoms with Gasteiger partial charge in [-0.25, -0.2) is 21.6 Å². The maximum absolute atomic E-state index is 13.8. The summed E-state index contributed by atoms with van der Waals surface area (Å²) < 4.78 is 72.8. The van der Waals surface area contributed by atoms with E-state index in [9.17, 15) is 21.6 Å². The summed E-state index contributed by atoms with van der Waals surface area (Å²) in [4.78, 5) is 4.10. The van der Waals surface area contributed by atoms with Crippen molar-refractivity contribution in [1.29, 1.82) is 0 Å². The number of benzene rings is 2. The summed E-state index contributed by atoms with van der Waals surface area (Å²) in [5, 5.41) is 0.222. The normalized spacial score (nSPS) is 16.5. The summed E-state index contributed by atoms with van der Waals surface area (Å²) >= 11 is 1.04. The van der Waals surface area contributed by atoms with Gasteiger partial charge in [0.2, 0.25) is 10.0 Å². The van der Waals surface area contributed by atoms with Gasteiger partial charge in [-0.1, -0.05) is 11.3 Å². The molecule has 1 aromatic heterocycles. The molecule has 1 aliphatic rings. The summed E-state index contributed by atoms with van der Waals surface area (Å²) in [6.07, 6.45) is 0.563. The fourth-order valence-electron chi connectivity index (χ4n) is 3.08. The van der Waals surface area contributed by atoms with Crippen LogP contribution in [-0.2, 0) is 10.0 Å². The Labute approximate surface area is 163 Å². The second-order valence-electron chi connectivity index (χ2n) is 6.39. The molecule has 1 fully saturated rings. The van der Waals surface area contributed by atoms with Crippen LogP contribution in [0.25, 0.3) is 10.2 Å². The first-order valence-corrected chi connectivity index (χ1v) is 10.8. The van der Waals surface area contributed by atoms with Gasteiger partial charge in [0.1, 0.15) is 23.3 Å². The zero-order valence-electron chi connectivity index (χ0n) is 14.4. The van der Waals surface area contributed by atoms with Crippen LogP contribution >= 0.6 is 11.3 Å². The zero-order chi connectivity index (χ0) is 19.9. The van der Waals surface area contributed by atoms with Gasteiger partial charge in [0.15, 0.2) is 5.82 Å². The van der Waals surface area contributed by atoms with Gasteiger partial charge in [-0.05, 0) is 43.2 Å². The smallest absolute Gasteiger partial charge is 0.274 e. The third-order valence-corrected chi connectivity index (χ3v) is 7.32. The van der Waals surface area contributed by atoms with E-state index in [4.69, 9.17) is 4.74 Å². The molecule has 0 atom stereocenters. The fourth-order valence-corrected chi connectivity index (χ4v) is 5.47. The van der Waals surface area contributed by atoms with E-state index in [0.29, 0.717) is 17.5 Å². The standard InChI is InChI=1S/C18H15F3N2O3S2/c19-11-1-3-14(4-2-11)28(24,25)23-7-5-13(6-8-23)26-18-22-17-15(21)9-12(20)10-16(17)27-18/h1-4,9-10,13H,5-8H2. The molecule has 2 aromatic carbocycles. The van der Waals surface area contributed by atoms with Crippen LogP contribution in [0.2, 0.25) is 0 Å². The SMILES string of the molecule is O=S(=O)(c1ccc(F)cc1)N1CCC(Oc2nc3c(F)cc(F)cc3s2)CC1. The number of rotatable bonds is 4. The lowest BCUT2D eigenvalue weighted by Crippen LogP contribution is -2.41. The Kier molecular flexibility index (Phi) is 5.02. The predicted octanol–water partition coefficient (Wildman–Crippen LogP) is 3.95. The number of piperidine rings is 1. The molecular weight excluding hydrogens is 413 g/mol. The Morgan fingerprint density at radius 3 is 2.39 bits per heavy atom. The van der Waals surface area contributed by atoms with Crippen LogP contribution in [-0.4, -0.2) is 36.9 Å². The topological polar surface area (TPSA) is 59.5 Å². The number of aromatic nitrogens is 1. The quantitative estimate of drug-likeness (QED) is 0.632. The molecule has 0 bridgehead atoms. The van der Waals surface area contributed by atoms with Crippen LogP contribution in [0.5, 0.6) is 5.19 Å². The maximum Gasteiger partial charge on any atom is 0.274 e. The Bertz CT molecular complexity index is 1110. The molecule has 2 heterocycles. The minimum absolute atomic E-state index is 0.0388. The molecule has 28 heavy (non-hydrogen) atoms. The van der Waals surface area contributed by atoms with Crippen molar-refractivity contribution < 1.29 is 26.3 Å². The van der Waals surface area contributed by atoms with Crippen LogP contribution in [0, 0.1) is 17.5 Å². The van der Waals surface area contributed by atoms with Crippen LogP contribution in [0.3, 0.4) is 0 Å². The molecule has 0 N–H and O–H groups in total. The number of ether oxygens (including phenoxy) is 1. The second-order valence-corrected chi connectivity index (χ2v) is 9.32. The van der Waals surface area contributed by atoms with Crippen molar-refractivity contribution in [2.24, 2.45) is 0 Å². The van der Waals surface area contributed by atoms with Gasteiger partial charge in [0.25, 0.3) is 5.19 Å². The van der Waals surface area contributed by atoms with Gasteiger partial charge < -0.3 is 4.74 Å². The predicted molar refractivity (Wildman–Crippen MR) is 98.3 cm³/mol. The molecule has 0 saturated carbocycles. The number of fused-ring (bicyclic) bond motifs is 1. The molecule has 0 radical (unpaired) electrons. The lowest BCUT2D eigenvalue weighted by molar-refractivity contribution is 0.135. The molecule has 3 aromatic rings. The molecule has 0 amide bonds. The van der Waals surface area contributed by atoms with Crippen LogP contribution in [0.15, 0.2) is 41.3 Å². The summed E-state index contributed by atoms with van der Waals surface area (Å²) in [7, 11) is -3.70. The third-order valence-electron chi connectivity index (χ3n) is 4.51. The van der Waals surface area contributed by atoms with Crippen molar-refractivity contribution in [3.8, 4) is 5.19 Å². The lowest BCUT2D eigenvalue weighted by Gasteiger charge is -2.30. The van der Waals surface area contributed by atoms with Gasteiger partial charge >= 0.3 is 0 Å². The highest BCUT2D eigenvalue weighted by molar-refractivity contribution is 7.89. The number of nitrogens with zero attached hydrogens (tertiary/aromatic N) is 2. The van der Waals surface area contributed by atoms with E-state index in [0.717, 1.165) is 29.5 Å². The van der Waals surface area contributed by atoms with Gasteiger partial charge in [-0.15, -0.1) is 0 Å². The summed E-state index contributed by atoms with van der Waals surface area (Å²) in [5.74, 6) is -1.93. The molecule has 0 aliphatic carbocycles. The molecule has 1 saturated heterocycles. The lowest BCUT2D eigenvalue weighted by atomic mass is 10.1. The van der Waals surface area contributed by atoms with E-state index in [-0.39, 0.29) is 34.8 Å². The highest BCUT2D eigenvalue weighted by Gasteiger charge is 2.30. The first-order valence-electron chi connectivity index (χ1n) is 8.51. The Morgan fingerprint density at radius 2 is 1.71 bits per heavy atom. The number of sulfonamides is 1. The van der Waals surface area contributed by atoms with Crippen molar-refractivity contribution in [1.82, 2.24) is 9.29 Å². The van der Waals surface area contributed by atoms with Crippen LogP contribution < -0.4 is 4.74 Å². The highest BCUT2D eigenvalue weighted by atomic mass is 32.2. The Balaban J connectivity index is 1.43. The number of halogens is 3. The average molecular weight is 428 g/mol. The van der Waals surface area contributed by atoms with E-state index in [2.05, 4.69) is 4.98 Å². The number of hydrogen-bond donors (Lipinski definition) is 0. The molecule has 5 nitrogen and oxygen atoms in total. The van der Waals surface area contributed by atoms with Gasteiger partial charge in [-0.3, -0.25) is 0 Å². The molecule has 1 aliphatic heterocycles. The molecule has 4 rings (SSSR count). The molecule has 0 spiro atoms. The summed E-state index contributed by atoms with van der Waals surface area (Å²) in [6, 6.07) is 6.66. The molecule has 10 heteroatoms. The van der Waals surface area contributed by atoms with Crippen molar-refractivity contribution in [3.63, 3.8) is 0 Å². The second kappa shape index (κ2) is 7.34. The summed E-state index contributed by atoms with van der Waals surface area (Å²) in [5.41, 5.74) is 0.0534. The molecule has 0 unspecified atom stereocenters. The van der Waals surface area contributed by atoms with Crippen molar-refractivity contribution in [2.45, 2.75) is 23.8 Å². The van der Waals surface area contributed by atoms with Gasteiger partial charge in [0.05, 0.1) is 9.60 Å². The first-order chi connectivity index (χ1) is 13.3. The van der Waals surface area contributed by atoms with Crippen molar-refractivity contribution in [3.05, 3.63) is 53.8 Å². The minimum Gasteiger partial charge on any atom is -0.467 e. The highest BCUT2D eigenvalue weighted by Crippen LogP contribution is 2.32. The third kappa shape index (κ3) is 3.71. The van der Waals surface area contributed by atoms with Crippen LogP contribution in [0.4, 0.5) is 13.2 Å². The largest absolute Gasteiger partial charge is 0.467 e. The van der Waals surface area contributed by atoms with E-state index in [1.165, 1.54) is 22.5 Å². The van der Waals surface area contributed by atoms with Crippen molar-refractivity contribution >= 4 is 31.6 Å². The monoisotopic (exact) mass is 428 g/mol. The Morgan fingerprint density at radius 1 is 1.04 bits per heavy atom. The van der Waals surface area contributed by atoms with E-state index >= 15 is 0 Å². The van der Waals surface area contributed by atoms with Crippen LogP contribution in [0.1, 0.15) is 12.8 Å². The van der Waals surface area contributed by atoms with Gasteiger partial charge in [0, 0.05) is 19.2 Å². The zero-order valence-corrected chi connectivity index (χ0v) is 16.1. The van der Waals surface area contributed by atoms with E-state index in [1.54, 1.807) is 0 Å². The first kappa shape index (κ1) is 19.2. The van der Waals surface area contributed by atoms with Crippen molar-refractivity contribution in [2.75, 3.05) is 13.1 Å². The van der Waals surface area contributed by atoms with Gasteiger partial charge in [-0.2, -0.15) is 9.29 Å². The maximum atomic E-state index is 13.8. The summed E-state index contributed by atoms with van der Waals surface area (Å²) in [6.45, 7) is 0.469. The Hall–Kier alpha value is -2.17. The van der Waals surface area contributed by atoms with E-state index < -0.39 is 27.5 Å².